The molecule has 0 saturated carbocycles. The number of hydrogen-bond donors (Lipinski definition) is 0. The molecular weight excluding hydrogens is 688 g/mol. The molecule has 0 bridgehead atoms. The molecule has 0 aliphatic carbocycles. The van der Waals surface area contributed by atoms with Gasteiger partial charge in [-0.15, -0.1) is 0 Å². The van der Waals surface area contributed by atoms with Gasteiger partial charge in [0, 0.05) is 12.0 Å². The highest BCUT2D eigenvalue weighted by molar-refractivity contribution is 5.93. The minimum atomic E-state index is -0.575. The Morgan fingerprint density at radius 3 is 1.52 bits per heavy atom. The Morgan fingerprint density at radius 2 is 0.981 bits per heavy atom. The molecule has 0 heterocycles. The highest BCUT2D eigenvalue weighted by Crippen LogP contribution is 2.24. The second-order valence-electron chi connectivity index (χ2n) is 12.5. The van der Waals surface area contributed by atoms with E-state index in [2.05, 4.69) is 26.7 Å². The molecule has 4 rings (SSSR count). The number of carbonyl (C=O) groups is 4. The quantitative estimate of drug-likeness (QED) is 0.0286. The third kappa shape index (κ3) is 13.0. The van der Waals surface area contributed by atoms with Crippen LogP contribution in [0.3, 0.4) is 0 Å². The van der Waals surface area contributed by atoms with Crippen molar-refractivity contribution in [3.05, 3.63) is 151 Å². The first-order valence-corrected chi connectivity index (χ1v) is 17.4. The van der Waals surface area contributed by atoms with Crippen LogP contribution >= 0.6 is 0 Å². The van der Waals surface area contributed by atoms with Crippen LogP contribution in [0, 0.1) is 11.8 Å². The van der Waals surface area contributed by atoms with E-state index in [1.807, 2.05) is 0 Å². The van der Waals surface area contributed by atoms with Crippen molar-refractivity contribution in [3.63, 3.8) is 0 Å². The van der Waals surface area contributed by atoms with Crippen LogP contribution < -0.4 is 14.2 Å². The number of rotatable bonds is 20. The molecule has 0 N–H and O–H groups in total. The molecule has 280 valence electrons. The van der Waals surface area contributed by atoms with Crippen LogP contribution in [0.4, 0.5) is 0 Å². The Bertz CT molecular complexity index is 1890. The maximum Gasteiger partial charge on any atom is 0.343 e. The number of allylic oxidation sites excluding steroid dienone is 1. The molecule has 0 saturated heterocycles. The molecule has 2 unspecified atom stereocenters. The average Bonchev–Trinajstić information content (AvgIpc) is 3.19. The summed E-state index contributed by atoms with van der Waals surface area (Å²) in [5.41, 5.74) is 2.71. The predicted molar refractivity (Wildman–Crippen MR) is 204 cm³/mol. The monoisotopic (exact) mass is 732 g/mol. The van der Waals surface area contributed by atoms with Crippen molar-refractivity contribution in [2.24, 2.45) is 11.8 Å². The van der Waals surface area contributed by atoms with Crippen molar-refractivity contribution < 1.29 is 47.6 Å². The molecule has 54 heavy (non-hydrogen) atoms. The summed E-state index contributed by atoms with van der Waals surface area (Å²) in [5.74, 6) is -0.0687. The van der Waals surface area contributed by atoms with Crippen LogP contribution in [0.25, 0.3) is 11.1 Å². The van der Waals surface area contributed by atoms with E-state index in [9.17, 15) is 19.2 Å². The predicted octanol–water partition coefficient (Wildman–Crippen LogP) is 8.83. The van der Waals surface area contributed by atoms with Gasteiger partial charge in [0.25, 0.3) is 0 Å². The van der Waals surface area contributed by atoms with E-state index in [4.69, 9.17) is 28.4 Å². The van der Waals surface area contributed by atoms with E-state index in [1.54, 1.807) is 85.8 Å². The van der Waals surface area contributed by atoms with E-state index >= 15 is 0 Å². The van der Waals surface area contributed by atoms with Crippen molar-refractivity contribution in [3.8, 4) is 28.4 Å². The summed E-state index contributed by atoms with van der Waals surface area (Å²) in [6.07, 6.45) is 4.39. The van der Waals surface area contributed by atoms with Gasteiger partial charge in [-0.2, -0.15) is 0 Å². The fourth-order valence-electron chi connectivity index (χ4n) is 4.80. The maximum atomic E-state index is 12.8. The topological polar surface area (TPSA) is 124 Å². The normalized spacial score (nSPS) is 11.6. The Morgan fingerprint density at radius 1 is 0.537 bits per heavy atom. The minimum absolute atomic E-state index is 0.0992. The summed E-state index contributed by atoms with van der Waals surface area (Å²) in [7, 11) is 0. The molecule has 10 nitrogen and oxygen atoms in total. The summed E-state index contributed by atoms with van der Waals surface area (Å²) >= 11 is 0. The molecule has 10 heteroatoms. The molecule has 0 aliphatic rings. The second-order valence-corrected chi connectivity index (χ2v) is 12.5. The minimum Gasteiger partial charge on any atom is -0.494 e. The van der Waals surface area contributed by atoms with Crippen molar-refractivity contribution >= 4 is 23.9 Å². The standard InChI is InChI=1S/C44H44O10/c1-6-32(5)49-26-24-30(3)25-27-50-38-18-14-36(15-19-38)43(47)54-40-22-16-37(17-23-40)44(48)53-39-20-12-34(13-21-39)33-8-10-35(11-9-33)42(46)52-29-31(4)28-51-41(45)7-2/h6-23,30-31H,1-2,5,24-29H2,3-4H3. The van der Waals surface area contributed by atoms with E-state index in [0.717, 1.165) is 30.0 Å². The van der Waals surface area contributed by atoms with Crippen molar-refractivity contribution in [2.45, 2.75) is 26.7 Å². The van der Waals surface area contributed by atoms with Crippen LogP contribution in [-0.2, 0) is 19.0 Å². The lowest BCUT2D eigenvalue weighted by molar-refractivity contribution is -0.139. The van der Waals surface area contributed by atoms with Gasteiger partial charge in [-0.1, -0.05) is 57.8 Å². The van der Waals surface area contributed by atoms with Gasteiger partial charge >= 0.3 is 23.9 Å². The lowest BCUT2D eigenvalue weighted by Crippen LogP contribution is -2.18. The summed E-state index contributed by atoms with van der Waals surface area (Å²) in [6.45, 7) is 16.0. The number of benzene rings is 4. The lowest BCUT2D eigenvalue weighted by Gasteiger charge is -2.13. The molecular formula is C44H44O10. The zero-order chi connectivity index (χ0) is 38.9. The maximum absolute atomic E-state index is 12.8. The van der Waals surface area contributed by atoms with E-state index in [0.29, 0.717) is 47.5 Å². The highest BCUT2D eigenvalue weighted by Gasteiger charge is 2.14. The van der Waals surface area contributed by atoms with Crippen molar-refractivity contribution in [1.29, 1.82) is 0 Å². The summed E-state index contributed by atoms with van der Waals surface area (Å²) < 4.78 is 32.6. The SMILES string of the molecule is C=CC(=C)OCCC(C)CCOc1ccc(C(=O)Oc2ccc(C(=O)Oc3ccc(-c4ccc(C(=O)OCC(C)COC(=O)C=C)cc4)cc3)cc2)cc1. The lowest BCUT2D eigenvalue weighted by atomic mass is 10.0. The largest absolute Gasteiger partial charge is 0.494 e. The van der Waals surface area contributed by atoms with E-state index < -0.39 is 23.9 Å². The molecule has 4 aromatic carbocycles. The molecule has 0 aromatic heterocycles. The van der Waals surface area contributed by atoms with Crippen LogP contribution in [0.15, 0.2) is 135 Å². The zero-order valence-electron chi connectivity index (χ0n) is 30.5. The molecule has 0 amide bonds. The fourth-order valence-corrected chi connectivity index (χ4v) is 4.80. The molecule has 4 aromatic rings. The number of hydrogen-bond acceptors (Lipinski definition) is 10. The molecule has 0 aliphatic heterocycles. The molecule has 0 spiro atoms. The number of carbonyl (C=O) groups excluding carboxylic acids is 4. The number of ether oxygens (including phenoxy) is 6. The first-order chi connectivity index (χ1) is 26.0. The average molecular weight is 733 g/mol. The fraction of sp³-hybridized carbons (Fsp3) is 0.227. The van der Waals surface area contributed by atoms with Crippen molar-refractivity contribution in [1.82, 2.24) is 0 Å². The van der Waals surface area contributed by atoms with Gasteiger partial charge in [-0.05, 0) is 109 Å². The van der Waals surface area contributed by atoms with Gasteiger partial charge in [0.2, 0.25) is 0 Å². The number of esters is 4. The molecule has 0 fully saturated rings. The zero-order valence-corrected chi connectivity index (χ0v) is 30.5. The van der Waals surface area contributed by atoms with Gasteiger partial charge in [-0.25, -0.2) is 19.2 Å². The Balaban J connectivity index is 1.20. The van der Waals surface area contributed by atoms with Gasteiger partial charge in [0.05, 0.1) is 43.1 Å². The molecule has 2 atom stereocenters. The molecule has 0 radical (unpaired) electrons. The Labute approximate surface area is 315 Å². The smallest absolute Gasteiger partial charge is 0.343 e. The Hall–Kier alpha value is -6.42. The summed E-state index contributed by atoms with van der Waals surface area (Å²) in [4.78, 5) is 49.2. The Kier molecular flexibility index (Phi) is 15.4. The van der Waals surface area contributed by atoms with Gasteiger partial charge in [0.1, 0.15) is 23.0 Å². The van der Waals surface area contributed by atoms with E-state index in [-0.39, 0.29) is 30.4 Å². The van der Waals surface area contributed by atoms with E-state index in [1.165, 1.54) is 24.3 Å². The first-order valence-electron chi connectivity index (χ1n) is 17.4. The van der Waals surface area contributed by atoms with Crippen LogP contribution in [0.2, 0.25) is 0 Å². The summed E-state index contributed by atoms with van der Waals surface area (Å²) in [5, 5.41) is 0. The van der Waals surface area contributed by atoms with Gasteiger partial charge < -0.3 is 28.4 Å². The second kappa shape index (κ2) is 20.6. The third-order valence-corrected chi connectivity index (χ3v) is 8.09. The highest BCUT2D eigenvalue weighted by atomic mass is 16.6. The van der Waals surface area contributed by atoms with Crippen molar-refractivity contribution in [2.75, 3.05) is 26.4 Å². The van der Waals surface area contributed by atoms with Gasteiger partial charge in [0.15, 0.2) is 0 Å². The van der Waals surface area contributed by atoms with Crippen LogP contribution in [0.5, 0.6) is 17.2 Å². The first kappa shape index (κ1) is 40.4. The third-order valence-electron chi connectivity index (χ3n) is 8.09. The van der Waals surface area contributed by atoms with Gasteiger partial charge in [-0.3, -0.25) is 0 Å². The summed E-state index contributed by atoms with van der Waals surface area (Å²) in [6, 6.07) is 26.6. The van der Waals surface area contributed by atoms with Crippen LogP contribution in [-0.4, -0.2) is 50.3 Å². The van der Waals surface area contributed by atoms with Crippen LogP contribution in [0.1, 0.15) is 57.8 Å².